The average molecular weight is 489 g/mol. The van der Waals surface area contributed by atoms with E-state index in [1.165, 1.54) is 0 Å². The van der Waals surface area contributed by atoms with Crippen LogP contribution < -0.4 is 4.74 Å². The number of benzene rings is 3. The first-order chi connectivity index (χ1) is 15.5. The van der Waals surface area contributed by atoms with Crippen molar-refractivity contribution in [3.8, 4) is 22.9 Å². The predicted octanol–water partition coefficient (Wildman–Crippen LogP) is 5.45. The lowest BCUT2D eigenvalue weighted by molar-refractivity contribution is -0.140. The van der Waals surface area contributed by atoms with Gasteiger partial charge in [0.1, 0.15) is 5.75 Å². The summed E-state index contributed by atoms with van der Waals surface area (Å²) in [6.45, 7) is 1.07. The number of esters is 1. The van der Waals surface area contributed by atoms with Gasteiger partial charge in [0.15, 0.2) is 0 Å². The van der Waals surface area contributed by atoms with Gasteiger partial charge in [-0.1, -0.05) is 40.2 Å². The fourth-order valence-electron chi connectivity index (χ4n) is 3.75. The summed E-state index contributed by atoms with van der Waals surface area (Å²) in [5, 5.41) is 8.91. The molecule has 6 heteroatoms. The van der Waals surface area contributed by atoms with E-state index in [-0.39, 0.29) is 17.8 Å². The van der Waals surface area contributed by atoms with Crippen molar-refractivity contribution in [2.24, 2.45) is 5.92 Å². The monoisotopic (exact) mass is 488 g/mol. The summed E-state index contributed by atoms with van der Waals surface area (Å²) in [7, 11) is 0. The molecular formula is C26H21BrN2O3. The predicted molar refractivity (Wildman–Crippen MR) is 125 cm³/mol. The molecule has 0 atom stereocenters. The number of nitrogens with zero attached hydrogens (tertiary/aromatic N) is 2. The summed E-state index contributed by atoms with van der Waals surface area (Å²) in [5.74, 6) is 0.0116. The van der Waals surface area contributed by atoms with E-state index in [1.807, 2.05) is 36.4 Å². The van der Waals surface area contributed by atoms with E-state index in [2.05, 4.69) is 22.0 Å². The van der Waals surface area contributed by atoms with Gasteiger partial charge in [0, 0.05) is 23.1 Å². The summed E-state index contributed by atoms with van der Waals surface area (Å²) >= 11 is 3.38. The summed E-state index contributed by atoms with van der Waals surface area (Å²) in [6.07, 6.45) is 1.18. The van der Waals surface area contributed by atoms with Crippen LogP contribution in [-0.2, 0) is 4.79 Å². The van der Waals surface area contributed by atoms with Crippen LogP contribution in [0.3, 0.4) is 0 Å². The molecule has 0 bridgehead atoms. The zero-order valence-corrected chi connectivity index (χ0v) is 18.9. The van der Waals surface area contributed by atoms with Crippen molar-refractivity contribution in [1.29, 1.82) is 5.26 Å². The zero-order valence-electron chi connectivity index (χ0n) is 17.3. The van der Waals surface area contributed by atoms with Crippen LogP contribution in [0.4, 0.5) is 0 Å². The van der Waals surface area contributed by atoms with Crippen LogP contribution in [-0.4, -0.2) is 29.9 Å². The van der Waals surface area contributed by atoms with Gasteiger partial charge in [-0.3, -0.25) is 9.59 Å². The van der Waals surface area contributed by atoms with E-state index >= 15 is 0 Å². The molecule has 1 fully saturated rings. The second kappa shape index (κ2) is 9.80. The lowest BCUT2D eigenvalue weighted by Crippen LogP contribution is -2.41. The topological polar surface area (TPSA) is 70.4 Å². The average Bonchev–Trinajstić information content (AvgIpc) is 2.85. The standard InChI is InChI=1S/C26H21BrN2O3/c27-23-9-5-21(6-10-23)25(30)29-15-13-22(14-16-29)26(31)32-24-11-7-20(8-12-24)19-3-1-18(17-28)2-4-19/h1-12,22H,13-16H2. The molecule has 1 saturated heterocycles. The first-order valence-corrected chi connectivity index (χ1v) is 11.2. The summed E-state index contributed by atoms with van der Waals surface area (Å²) < 4.78 is 6.52. The molecule has 0 saturated carbocycles. The molecule has 0 radical (unpaired) electrons. The molecule has 32 heavy (non-hydrogen) atoms. The highest BCUT2D eigenvalue weighted by atomic mass is 79.9. The van der Waals surface area contributed by atoms with E-state index in [0.29, 0.717) is 42.8 Å². The molecule has 1 heterocycles. The van der Waals surface area contributed by atoms with E-state index < -0.39 is 0 Å². The fraction of sp³-hybridized carbons (Fsp3) is 0.192. The lowest BCUT2D eigenvalue weighted by Gasteiger charge is -2.31. The molecule has 0 aliphatic carbocycles. The number of hydrogen-bond acceptors (Lipinski definition) is 4. The number of ether oxygens (including phenoxy) is 1. The number of likely N-dealkylation sites (tertiary alicyclic amines) is 1. The van der Waals surface area contributed by atoms with Crippen LogP contribution >= 0.6 is 15.9 Å². The first-order valence-electron chi connectivity index (χ1n) is 10.4. The van der Waals surface area contributed by atoms with Crippen LogP contribution in [0.5, 0.6) is 5.75 Å². The van der Waals surface area contributed by atoms with Gasteiger partial charge in [0.25, 0.3) is 5.91 Å². The van der Waals surface area contributed by atoms with Crippen molar-refractivity contribution < 1.29 is 14.3 Å². The number of nitriles is 1. The number of carbonyl (C=O) groups is 2. The molecule has 0 spiro atoms. The number of carbonyl (C=O) groups excluding carboxylic acids is 2. The number of hydrogen-bond donors (Lipinski definition) is 0. The van der Waals surface area contributed by atoms with Crippen molar-refractivity contribution in [2.75, 3.05) is 13.1 Å². The van der Waals surface area contributed by atoms with Crippen molar-refractivity contribution in [1.82, 2.24) is 4.90 Å². The highest BCUT2D eigenvalue weighted by molar-refractivity contribution is 9.10. The number of halogens is 1. The summed E-state index contributed by atoms with van der Waals surface area (Å²) in [4.78, 5) is 27.0. The Balaban J connectivity index is 1.31. The van der Waals surface area contributed by atoms with E-state index in [4.69, 9.17) is 10.00 Å². The Morgan fingerprint density at radius 1 is 0.875 bits per heavy atom. The van der Waals surface area contributed by atoms with Gasteiger partial charge in [0.2, 0.25) is 0 Å². The Kier molecular flexibility index (Phi) is 6.67. The molecule has 4 rings (SSSR count). The number of rotatable bonds is 4. The Morgan fingerprint density at radius 3 is 2.00 bits per heavy atom. The maximum absolute atomic E-state index is 12.6. The first kappa shape index (κ1) is 21.8. The second-order valence-electron chi connectivity index (χ2n) is 7.71. The van der Waals surface area contributed by atoms with E-state index in [1.54, 1.807) is 41.3 Å². The largest absolute Gasteiger partial charge is 0.426 e. The molecule has 1 aliphatic heterocycles. The number of piperidine rings is 1. The van der Waals surface area contributed by atoms with Gasteiger partial charge in [-0.2, -0.15) is 5.26 Å². The second-order valence-corrected chi connectivity index (χ2v) is 8.62. The number of amides is 1. The molecule has 0 aromatic heterocycles. The Bertz CT molecular complexity index is 1140. The minimum atomic E-state index is -0.258. The molecule has 160 valence electrons. The van der Waals surface area contributed by atoms with Gasteiger partial charge in [-0.25, -0.2) is 0 Å². The van der Waals surface area contributed by atoms with Gasteiger partial charge < -0.3 is 9.64 Å². The van der Waals surface area contributed by atoms with Crippen LogP contribution in [0.2, 0.25) is 0 Å². The highest BCUT2D eigenvalue weighted by Gasteiger charge is 2.29. The van der Waals surface area contributed by atoms with Crippen molar-refractivity contribution in [3.63, 3.8) is 0 Å². The Morgan fingerprint density at radius 2 is 1.44 bits per heavy atom. The normalized spacial score (nSPS) is 13.9. The molecule has 1 aliphatic rings. The minimum absolute atomic E-state index is 0.0114. The Labute approximate surface area is 195 Å². The summed E-state index contributed by atoms with van der Waals surface area (Å²) in [6, 6.07) is 24.1. The van der Waals surface area contributed by atoms with E-state index in [0.717, 1.165) is 15.6 Å². The van der Waals surface area contributed by atoms with Crippen LogP contribution in [0.15, 0.2) is 77.3 Å². The van der Waals surface area contributed by atoms with Crippen LogP contribution in [0.1, 0.15) is 28.8 Å². The van der Waals surface area contributed by atoms with Gasteiger partial charge in [-0.15, -0.1) is 0 Å². The van der Waals surface area contributed by atoms with Crippen LogP contribution in [0, 0.1) is 17.2 Å². The molecule has 5 nitrogen and oxygen atoms in total. The van der Waals surface area contributed by atoms with E-state index in [9.17, 15) is 9.59 Å². The third-order valence-electron chi connectivity index (χ3n) is 5.63. The van der Waals surface area contributed by atoms with Gasteiger partial charge >= 0.3 is 5.97 Å². The van der Waals surface area contributed by atoms with Crippen molar-refractivity contribution in [3.05, 3.63) is 88.4 Å². The fourth-order valence-corrected chi connectivity index (χ4v) is 4.01. The molecule has 1 amide bonds. The summed E-state index contributed by atoms with van der Waals surface area (Å²) in [5.41, 5.74) is 3.24. The SMILES string of the molecule is N#Cc1ccc(-c2ccc(OC(=O)C3CCN(C(=O)c4ccc(Br)cc4)CC3)cc2)cc1. The molecule has 0 unspecified atom stereocenters. The quantitative estimate of drug-likeness (QED) is 0.361. The van der Waals surface area contributed by atoms with Crippen molar-refractivity contribution >= 4 is 27.8 Å². The highest BCUT2D eigenvalue weighted by Crippen LogP contribution is 2.25. The third kappa shape index (κ3) is 5.06. The Hall–Kier alpha value is -3.43. The smallest absolute Gasteiger partial charge is 0.314 e. The van der Waals surface area contributed by atoms with Crippen molar-refractivity contribution in [2.45, 2.75) is 12.8 Å². The molecule has 3 aromatic carbocycles. The molecule has 3 aromatic rings. The minimum Gasteiger partial charge on any atom is -0.426 e. The maximum Gasteiger partial charge on any atom is 0.314 e. The van der Waals surface area contributed by atoms with Gasteiger partial charge in [-0.05, 0) is 72.5 Å². The lowest BCUT2D eigenvalue weighted by atomic mass is 9.96. The molecular weight excluding hydrogens is 468 g/mol. The third-order valence-corrected chi connectivity index (χ3v) is 6.16. The maximum atomic E-state index is 12.6. The zero-order chi connectivity index (χ0) is 22.5. The van der Waals surface area contributed by atoms with Crippen LogP contribution in [0.25, 0.3) is 11.1 Å². The molecule has 0 N–H and O–H groups in total. The van der Waals surface area contributed by atoms with Gasteiger partial charge in [0.05, 0.1) is 17.6 Å².